The number of pyridine rings is 2. The third-order valence-corrected chi connectivity index (χ3v) is 6.55. The molecule has 0 saturated carbocycles. The Morgan fingerprint density at radius 2 is 1.90 bits per heavy atom. The number of rotatable bonds is 6. The predicted octanol–water partition coefficient (Wildman–Crippen LogP) is 5.33. The standard InChI is InChI=1S/C27H26F3N7O3/c1-2-31-26(39)37-13-3-4-17(15-37)23-22-20(10-12-33-24(22)36-35-23)40-19-7-5-16(6-8-19)25(38)34-21-14-18(9-11-32-21)27(28,29)30/h5-12,14,17H,2-4,13,15H2,1H3,(H,31,39)(H,32,34,38)(H,33,35,36). The van der Waals surface area contributed by atoms with Crippen LogP contribution in [0.2, 0.25) is 0 Å². The summed E-state index contributed by atoms with van der Waals surface area (Å²) < 4.78 is 45.0. The van der Waals surface area contributed by atoms with Crippen LogP contribution in [0.15, 0.2) is 54.9 Å². The summed E-state index contributed by atoms with van der Waals surface area (Å²) in [5, 5.41) is 13.4. The zero-order valence-corrected chi connectivity index (χ0v) is 21.5. The van der Waals surface area contributed by atoms with Crippen molar-refractivity contribution in [3.05, 3.63) is 71.7 Å². The van der Waals surface area contributed by atoms with Crippen molar-refractivity contribution in [3.8, 4) is 11.5 Å². The Hall–Kier alpha value is -4.68. The fourth-order valence-electron chi connectivity index (χ4n) is 4.64. The maximum absolute atomic E-state index is 13.0. The number of aromatic nitrogens is 4. The molecular formula is C27H26F3N7O3. The van der Waals surface area contributed by atoms with E-state index in [2.05, 4.69) is 30.8 Å². The van der Waals surface area contributed by atoms with Gasteiger partial charge in [0.25, 0.3) is 5.91 Å². The van der Waals surface area contributed by atoms with Crippen LogP contribution in [0.4, 0.5) is 23.8 Å². The number of nitrogens with zero attached hydrogens (tertiary/aromatic N) is 4. The van der Waals surface area contributed by atoms with Gasteiger partial charge in [-0.15, -0.1) is 0 Å². The van der Waals surface area contributed by atoms with Crippen molar-refractivity contribution in [3.63, 3.8) is 0 Å². The number of ether oxygens (including phenoxy) is 1. The van der Waals surface area contributed by atoms with Crippen molar-refractivity contribution in [2.24, 2.45) is 0 Å². The lowest BCUT2D eigenvalue weighted by atomic mass is 9.93. The number of halogens is 3. The molecule has 1 aliphatic rings. The second-order valence-electron chi connectivity index (χ2n) is 9.27. The molecule has 1 unspecified atom stereocenters. The van der Waals surface area contributed by atoms with Gasteiger partial charge in [-0.3, -0.25) is 9.89 Å². The Bertz CT molecular complexity index is 1520. The van der Waals surface area contributed by atoms with E-state index in [1.807, 2.05) is 6.92 Å². The first-order valence-corrected chi connectivity index (χ1v) is 12.7. The first-order valence-electron chi connectivity index (χ1n) is 12.7. The number of hydrogen-bond donors (Lipinski definition) is 3. The van der Waals surface area contributed by atoms with Crippen molar-refractivity contribution < 1.29 is 27.5 Å². The summed E-state index contributed by atoms with van der Waals surface area (Å²) >= 11 is 0. The van der Waals surface area contributed by atoms with Gasteiger partial charge in [0.1, 0.15) is 17.3 Å². The molecule has 5 rings (SSSR count). The van der Waals surface area contributed by atoms with Crippen LogP contribution in [-0.2, 0) is 6.18 Å². The smallest absolute Gasteiger partial charge is 0.416 e. The van der Waals surface area contributed by atoms with Crippen LogP contribution in [0.25, 0.3) is 11.0 Å². The van der Waals surface area contributed by atoms with Gasteiger partial charge in [0.15, 0.2) is 5.65 Å². The van der Waals surface area contributed by atoms with Gasteiger partial charge in [-0.2, -0.15) is 18.3 Å². The van der Waals surface area contributed by atoms with E-state index in [1.165, 1.54) is 12.1 Å². The van der Waals surface area contributed by atoms with Gasteiger partial charge in [-0.25, -0.2) is 14.8 Å². The number of fused-ring (bicyclic) bond motifs is 1. The number of alkyl halides is 3. The number of carbonyl (C=O) groups is 2. The Morgan fingerprint density at radius 3 is 2.65 bits per heavy atom. The van der Waals surface area contributed by atoms with E-state index < -0.39 is 17.6 Å². The number of H-pyrrole nitrogens is 1. The quantitative estimate of drug-likeness (QED) is 0.297. The molecule has 0 radical (unpaired) electrons. The summed E-state index contributed by atoms with van der Waals surface area (Å²) in [7, 11) is 0. The number of piperidine rings is 1. The van der Waals surface area contributed by atoms with Gasteiger partial charge in [0.05, 0.1) is 16.6 Å². The number of benzene rings is 1. The maximum atomic E-state index is 13.0. The minimum absolute atomic E-state index is 0.00724. The van der Waals surface area contributed by atoms with Crippen molar-refractivity contribution in [2.75, 3.05) is 25.0 Å². The molecule has 3 aromatic heterocycles. The molecule has 4 aromatic rings. The zero-order valence-electron chi connectivity index (χ0n) is 21.5. The van der Waals surface area contributed by atoms with Gasteiger partial charge >= 0.3 is 12.2 Å². The molecule has 0 spiro atoms. The van der Waals surface area contributed by atoms with Gasteiger partial charge < -0.3 is 20.3 Å². The van der Waals surface area contributed by atoms with Crippen molar-refractivity contribution in [2.45, 2.75) is 31.9 Å². The Labute approximate surface area is 227 Å². The summed E-state index contributed by atoms with van der Waals surface area (Å²) in [6, 6.07) is 9.37. The minimum atomic E-state index is -4.55. The number of likely N-dealkylation sites (tertiary alicyclic amines) is 1. The van der Waals surface area contributed by atoms with Gasteiger partial charge in [0.2, 0.25) is 0 Å². The monoisotopic (exact) mass is 553 g/mol. The average molecular weight is 554 g/mol. The lowest BCUT2D eigenvalue weighted by Gasteiger charge is -2.32. The minimum Gasteiger partial charge on any atom is -0.456 e. The second kappa shape index (κ2) is 11.2. The van der Waals surface area contributed by atoms with Gasteiger partial charge in [-0.1, -0.05) is 0 Å². The van der Waals surface area contributed by atoms with Crippen molar-refractivity contribution >= 4 is 28.8 Å². The summed E-state index contributed by atoms with van der Waals surface area (Å²) in [5.74, 6) is 0.110. The lowest BCUT2D eigenvalue weighted by Crippen LogP contribution is -2.44. The van der Waals surface area contributed by atoms with Crippen LogP contribution in [0, 0.1) is 0 Å². The molecule has 208 valence electrons. The van der Waals surface area contributed by atoms with E-state index in [9.17, 15) is 22.8 Å². The SMILES string of the molecule is CCNC(=O)N1CCCC(c2n[nH]c3nccc(Oc4ccc(C(=O)Nc5cc(C(F)(F)F)ccn5)cc4)c23)C1. The van der Waals surface area contributed by atoms with Crippen LogP contribution in [0.3, 0.4) is 0 Å². The molecule has 4 heterocycles. The molecular weight excluding hydrogens is 527 g/mol. The highest BCUT2D eigenvalue weighted by molar-refractivity contribution is 6.03. The molecule has 40 heavy (non-hydrogen) atoms. The topological polar surface area (TPSA) is 125 Å². The molecule has 0 aliphatic carbocycles. The molecule has 1 saturated heterocycles. The third-order valence-electron chi connectivity index (χ3n) is 6.55. The first-order chi connectivity index (χ1) is 19.2. The van der Waals surface area contributed by atoms with E-state index >= 15 is 0 Å². The number of urea groups is 1. The third kappa shape index (κ3) is 5.82. The molecule has 3 N–H and O–H groups in total. The van der Waals surface area contributed by atoms with E-state index in [-0.39, 0.29) is 23.3 Å². The lowest BCUT2D eigenvalue weighted by molar-refractivity contribution is -0.137. The summed E-state index contributed by atoms with van der Waals surface area (Å²) in [6.45, 7) is 3.62. The van der Waals surface area contributed by atoms with E-state index in [0.29, 0.717) is 42.2 Å². The highest BCUT2D eigenvalue weighted by Gasteiger charge is 2.31. The van der Waals surface area contributed by atoms with E-state index in [4.69, 9.17) is 4.74 Å². The Morgan fingerprint density at radius 1 is 1.12 bits per heavy atom. The number of aromatic amines is 1. The van der Waals surface area contributed by atoms with Crippen LogP contribution in [0.5, 0.6) is 11.5 Å². The average Bonchev–Trinajstić information content (AvgIpc) is 3.39. The summed E-state index contributed by atoms with van der Waals surface area (Å²) in [4.78, 5) is 34.9. The summed E-state index contributed by atoms with van der Waals surface area (Å²) in [5.41, 5.74) is 0.612. The van der Waals surface area contributed by atoms with E-state index in [1.54, 1.807) is 29.3 Å². The van der Waals surface area contributed by atoms with Crippen LogP contribution in [-0.4, -0.2) is 56.6 Å². The van der Waals surface area contributed by atoms with Gasteiger partial charge in [0, 0.05) is 43.5 Å². The van der Waals surface area contributed by atoms with Crippen molar-refractivity contribution in [1.82, 2.24) is 30.4 Å². The van der Waals surface area contributed by atoms with Crippen molar-refractivity contribution in [1.29, 1.82) is 0 Å². The number of carbonyl (C=O) groups excluding carboxylic acids is 2. The predicted molar refractivity (Wildman–Crippen MR) is 140 cm³/mol. The highest BCUT2D eigenvalue weighted by atomic mass is 19.4. The summed E-state index contributed by atoms with van der Waals surface area (Å²) in [6.07, 6.45) is -0.277. The Balaban J connectivity index is 1.32. The van der Waals surface area contributed by atoms with Crippen LogP contribution in [0.1, 0.15) is 47.3 Å². The normalized spacial score (nSPS) is 15.6. The fourth-order valence-corrected chi connectivity index (χ4v) is 4.64. The van der Waals surface area contributed by atoms with Crippen LogP contribution < -0.4 is 15.4 Å². The molecule has 13 heteroatoms. The molecule has 1 fully saturated rings. The first kappa shape index (κ1) is 26.9. The highest BCUT2D eigenvalue weighted by Crippen LogP contribution is 2.36. The molecule has 10 nitrogen and oxygen atoms in total. The van der Waals surface area contributed by atoms with Gasteiger partial charge in [-0.05, 0) is 62.2 Å². The molecule has 1 atom stereocenters. The largest absolute Gasteiger partial charge is 0.456 e. The molecule has 1 aromatic carbocycles. The second-order valence-corrected chi connectivity index (χ2v) is 9.27. The number of hydrogen-bond acceptors (Lipinski definition) is 6. The zero-order chi connectivity index (χ0) is 28.3. The number of anilines is 1. The maximum Gasteiger partial charge on any atom is 0.416 e. The molecule has 0 bridgehead atoms. The van der Waals surface area contributed by atoms with E-state index in [0.717, 1.165) is 36.9 Å². The Kier molecular flexibility index (Phi) is 7.54. The molecule has 3 amide bonds. The number of nitrogens with one attached hydrogen (secondary N) is 3. The number of amides is 3. The molecule has 1 aliphatic heterocycles. The van der Waals surface area contributed by atoms with Crippen LogP contribution >= 0.6 is 0 Å². The fraction of sp³-hybridized carbons (Fsp3) is 0.296.